The van der Waals surface area contributed by atoms with Gasteiger partial charge in [0.05, 0.1) is 6.20 Å². The van der Waals surface area contributed by atoms with E-state index in [9.17, 15) is 23.2 Å². The predicted molar refractivity (Wildman–Crippen MR) is 61.3 cm³/mol. The average Bonchev–Trinajstić information content (AvgIpc) is 2.72. The molecule has 0 bridgehead atoms. The summed E-state index contributed by atoms with van der Waals surface area (Å²) in [6.07, 6.45) is -3.12. The van der Waals surface area contributed by atoms with Crippen LogP contribution in [0.4, 0.5) is 8.78 Å². The summed E-state index contributed by atoms with van der Waals surface area (Å²) < 4.78 is 37.4. The van der Waals surface area contributed by atoms with Crippen molar-refractivity contribution < 1.29 is 23.0 Å². The summed E-state index contributed by atoms with van der Waals surface area (Å²) in [5, 5.41) is 0. The molecule has 1 aromatic rings. The Kier molecular flexibility index (Phi) is 3.98. The minimum Gasteiger partial charge on any atom is -0.463 e. The Balaban J connectivity index is 2.16. The number of alkyl halides is 1. The third-order valence-corrected chi connectivity index (χ3v) is 2.85. The van der Waals surface area contributed by atoms with Crippen LogP contribution in [0.3, 0.4) is 0 Å². The summed E-state index contributed by atoms with van der Waals surface area (Å²) in [4.78, 5) is 34.8. The minimum absolute atomic E-state index is 0.211. The van der Waals surface area contributed by atoms with E-state index in [1.54, 1.807) is 4.98 Å². The Morgan fingerprint density at radius 3 is 2.95 bits per heavy atom. The number of halogens is 2. The van der Waals surface area contributed by atoms with Gasteiger partial charge in [0, 0.05) is 13.3 Å². The van der Waals surface area contributed by atoms with Crippen molar-refractivity contribution in [2.45, 2.75) is 31.8 Å². The van der Waals surface area contributed by atoms with Gasteiger partial charge < -0.3 is 9.47 Å². The molecule has 20 heavy (non-hydrogen) atoms. The molecule has 1 aliphatic heterocycles. The van der Waals surface area contributed by atoms with Crippen molar-refractivity contribution in [2.24, 2.45) is 0 Å². The zero-order chi connectivity index (χ0) is 14.9. The van der Waals surface area contributed by atoms with Crippen molar-refractivity contribution >= 4 is 5.97 Å². The van der Waals surface area contributed by atoms with Crippen molar-refractivity contribution in [3.8, 4) is 0 Å². The number of H-pyrrole nitrogens is 1. The Morgan fingerprint density at radius 2 is 2.30 bits per heavy atom. The molecule has 7 nitrogen and oxygen atoms in total. The summed E-state index contributed by atoms with van der Waals surface area (Å²) >= 11 is 0. The first-order valence-electron chi connectivity index (χ1n) is 5.82. The highest BCUT2D eigenvalue weighted by molar-refractivity contribution is 5.65. The molecule has 0 aromatic carbocycles. The second kappa shape index (κ2) is 5.53. The van der Waals surface area contributed by atoms with Crippen LogP contribution in [-0.4, -0.2) is 34.4 Å². The van der Waals surface area contributed by atoms with Crippen LogP contribution in [0.15, 0.2) is 15.8 Å². The molecular weight excluding hydrogens is 278 g/mol. The van der Waals surface area contributed by atoms with E-state index in [-0.39, 0.29) is 13.0 Å². The van der Waals surface area contributed by atoms with Crippen LogP contribution in [0, 0.1) is 5.82 Å². The topological polar surface area (TPSA) is 90.4 Å². The van der Waals surface area contributed by atoms with E-state index in [1.165, 1.54) is 6.92 Å². The summed E-state index contributed by atoms with van der Waals surface area (Å²) in [6, 6.07) is 0. The lowest BCUT2D eigenvalue weighted by Crippen LogP contribution is -2.34. The number of carbonyl (C=O) groups is 1. The Hall–Kier alpha value is -2.03. The van der Waals surface area contributed by atoms with Crippen molar-refractivity contribution in [1.82, 2.24) is 9.55 Å². The number of nitrogens with one attached hydrogen (secondary N) is 1. The van der Waals surface area contributed by atoms with E-state index in [1.807, 2.05) is 0 Å². The van der Waals surface area contributed by atoms with Gasteiger partial charge in [-0.15, -0.1) is 0 Å². The normalized spacial score (nSPS) is 25.6. The van der Waals surface area contributed by atoms with Gasteiger partial charge in [-0.2, -0.15) is 4.39 Å². The molecule has 3 atom stereocenters. The molecule has 0 amide bonds. The molecule has 0 unspecified atom stereocenters. The zero-order valence-corrected chi connectivity index (χ0v) is 10.5. The van der Waals surface area contributed by atoms with Crippen LogP contribution < -0.4 is 11.2 Å². The number of carbonyl (C=O) groups excluding carboxylic acids is 1. The molecule has 0 spiro atoms. The highest BCUT2D eigenvalue weighted by atomic mass is 19.1. The highest BCUT2D eigenvalue weighted by Gasteiger charge is 2.37. The molecule has 1 saturated heterocycles. The molecule has 110 valence electrons. The number of aromatic nitrogens is 2. The summed E-state index contributed by atoms with van der Waals surface area (Å²) in [5.41, 5.74) is -2.06. The van der Waals surface area contributed by atoms with E-state index < -0.39 is 41.5 Å². The number of ether oxygens (including phenoxy) is 2. The third-order valence-electron chi connectivity index (χ3n) is 2.85. The van der Waals surface area contributed by atoms with Crippen molar-refractivity contribution in [3.63, 3.8) is 0 Å². The molecule has 9 heteroatoms. The first kappa shape index (κ1) is 14.4. The molecule has 1 N–H and O–H groups in total. The largest absolute Gasteiger partial charge is 0.463 e. The highest BCUT2D eigenvalue weighted by Crippen LogP contribution is 2.29. The Morgan fingerprint density at radius 1 is 1.60 bits per heavy atom. The number of hydrogen-bond acceptors (Lipinski definition) is 5. The monoisotopic (exact) mass is 290 g/mol. The van der Waals surface area contributed by atoms with E-state index >= 15 is 0 Å². The molecule has 1 aromatic heterocycles. The Labute approximate surface area is 111 Å². The van der Waals surface area contributed by atoms with Crippen LogP contribution in [0.1, 0.15) is 19.6 Å². The molecule has 0 saturated carbocycles. The van der Waals surface area contributed by atoms with Gasteiger partial charge in [-0.1, -0.05) is 0 Å². The molecular formula is C11H12F2N2O5. The standard InChI is InChI=1S/C11H12F2N2O5/c1-5(16)19-4-8-6(12)2-9(20-8)15-3-7(13)10(17)14-11(15)18/h3,6,8-9H,2,4H2,1H3,(H,14,17,18)/t6-,8+,9+/m0/s1. The van der Waals surface area contributed by atoms with E-state index in [0.717, 1.165) is 4.57 Å². The lowest BCUT2D eigenvalue weighted by Gasteiger charge is -2.15. The third kappa shape index (κ3) is 2.93. The van der Waals surface area contributed by atoms with Crippen molar-refractivity contribution in [2.75, 3.05) is 6.61 Å². The van der Waals surface area contributed by atoms with Crippen LogP contribution >= 0.6 is 0 Å². The van der Waals surface area contributed by atoms with Gasteiger partial charge in [-0.3, -0.25) is 19.1 Å². The fourth-order valence-corrected chi connectivity index (χ4v) is 1.88. The quantitative estimate of drug-likeness (QED) is 0.783. The fraction of sp³-hybridized carbons (Fsp3) is 0.545. The number of nitrogens with zero attached hydrogens (tertiary/aromatic N) is 1. The van der Waals surface area contributed by atoms with Crippen LogP contribution in [0.5, 0.6) is 0 Å². The lowest BCUT2D eigenvalue weighted by molar-refractivity contribution is -0.146. The molecule has 2 rings (SSSR count). The van der Waals surface area contributed by atoms with Crippen LogP contribution in [0.25, 0.3) is 0 Å². The van der Waals surface area contributed by atoms with Gasteiger partial charge >= 0.3 is 11.7 Å². The minimum atomic E-state index is -1.47. The maximum atomic E-state index is 13.7. The smallest absolute Gasteiger partial charge is 0.330 e. The summed E-state index contributed by atoms with van der Waals surface area (Å²) in [5.74, 6) is -1.76. The first-order valence-corrected chi connectivity index (χ1v) is 5.82. The fourth-order valence-electron chi connectivity index (χ4n) is 1.88. The second-order valence-electron chi connectivity index (χ2n) is 4.33. The zero-order valence-electron chi connectivity index (χ0n) is 10.5. The number of hydrogen-bond donors (Lipinski definition) is 1. The molecule has 1 aliphatic rings. The van der Waals surface area contributed by atoms with E-state index in [2.05, 4.69) is 4.74 Å². The van der Waals surface area contributed by atoms with Gasteiger partial charge in [0.2, 0.25) is 5.82 Å². The van der Waals surface area contributed by atoms with Gasteiger partial charge in [-0.05, 0) is 0 Å². The number of esters is 1. The second-order valence-corrected chi connectivity index (χ2v) is 4.33. The molecule has 1 fully saturated rings. The summed E-state index contributed by atoms with van der Waals surface area (Å²) in [6.45, 7) is 0.870. The molecule has 0 aliphatic carbocycles. The summed E-state index contributed by atoms with van der Waals surface area (Å²) in [7, 11) is 0. The lowest BCUT2D eigenvalue weighted by atomic mass is 10.2. The van der Waals surface area contributed by atoms with Crippen LogP contribution in [0.2, 0.25) is 0 Å². The average molecular weight is 290 g/mol. The molecule has 2 heterocycles. The van der Waals surface area contributed by atoms with Gasteiger partial charge in [0.1, 0.15) is 25.1 Å². The predicted octanol–water partition coefficient (Wildman–Crippen LogP) is -0.136. The first-order chi connectivity index (χ1) is 9.38. The number of rotatable bonds is 3. The van der Waals surface area contributed by atoms with Gasteiger partial charge in [0.25, 0.3) is 5.56 Å². The van der Waals surface area contributed by atoms with E-state index in [4.69, 9.17) is 4.74 Å². The SMILES string of the molecule is CC(=O)OC[C@H]1O[C@@H](n2cc(F)c(=O)[nH]c2=O)C[C@@H]1F. The molecule has 0 radical (unpaired) electrons. The number of aromatic amines is 1. The van der Waals surface area contributed by atoms with Crippen LogP contribution in [-0.2, 0) is 14.3 Å². The Bertz CT molecular complexity index is 626. The van der Waals surface area contributed by atoms with Gasteiger partial charge in [0.15, 0.2) is 0 Å². The van der Waals surface area contributed by atoms with Crippen molar-refractivity contribution in [1.29, 1.82) is 0 Å². The maximum Gasteiger partial charge on any atom is 0.330 e. The van der Waals surface area contributed by atoms with E-state index in [0.29, 0.717) is 6.20 Å². The van der Waals surface area contributed by atoms with Crippen molar-refractivity contribution in [3.05, 3.63) is 32.9 Å². The van der Waals surface area contributed by atoms with Gasteiger partial charge in [-0.25, -0.2) is 9.18 Å². The maximum absolute atomic E-state index is 13.7.